The molecule has 0 saturated heterocycles. The van der Waals surface area contributed by atoms with Gasteiger partial charge < -0.3 is 0 Å². The molecule has 0 amide bonds. The van der Waals surface area contributed by atoms with Crippen LogP contribution in [0.1, 0.15) is 36.8 Å². The van der Waals surface area contributed by atoms with E-state index >= 15 is 0 Å². The van der Waals surface area contributed by atoms with Crippen LogP contribution < -0.4 is 0 Å². The molecule has 1 aliphatic carbocycles. The highest BCUT2D eigenvalue weighted by atomic mass is 14.9. The van der Waals surface area contributed by atoms with Crippen molar-refractivity contribution >= 4 is 55.5 Å². The first-order valence-corrected chi connectivity index (χ1v) is 22.0. The molecule has 0 bridgehead atoms. The van der Waals surface area contributed by atoms with Crippen LogP contribution in [0.15, 0.2) is 216 Å². The Morgan fingerprint density at radius 3 is 1.02 bits per heavy atom. The van der Waals surface area contributed by atoms with E-state index in [1.165, 1.54) is 87.6 Å². The van der Waals surface area contributed by atoms with E-state index in [4.69, 9.17) is 9.98 Å². The van der Waals surface area contributed by atoms with E-state index in [1.807, 2.05) is 0 Å². The van der Waals surface area contributed by atoms with Crippen molar-refractivity contribution in [2.45, 2.75) is 37.8 Å². The second-order valence-electron chi connectivity index (χ2n) is 16.6. The number of nitrogens with zero attached hydrogens (tertiary/aromatic N) is 2. The molecule has 1 aliphatic rings. The van der Waals surface area contributed by atoms with Crippen LogP contribution in [0, 0.1) is 0 Å². The van der Waals surface area contributed by atoms with Gasteiger partial charge in [-0.2, -0.15) is 0 Å². The largest absolute Gasteiger partial charge is 0.287 e. The van der Waals surface area contributed by atoms with E-state index in [0.717, 1.165) is 36.8 Å². The molecule has 1 fully saturated rings. The van der Waals surface area contributed by atoms with Gasteiger partial charge in [0, 0.05) is 23.6 Å². The number of benzene rings is 10. The third-order valence-electron chi connectivity index (χ3n) is 13.0. The van der Waals surface area contributed by atoms with E-state index in [-0.39, 0.29) is 12.1 Å². The molecular formula is C60H46N2. The summed E-state index contributed by atoms with van der Waals surface area (Å²) in [5.74, 6) is 0. The Morgan fingerprint density at radius 1 is 0.306 bits per heavy atom. The van der Waals surface area contributed by atoms with E-state index in [2.05, 4.69) is 219 Å². The van der Waals surface area contributed by atoms with Gasteiger partial charge in [-0.1, -0.05) is 219 Å². The maximum absolute atomic E-state index is 5.51. The lowest BCUT2D eigenvalue weighted by Crippen LogP contribution is -2.27. The molecule has 2 heteroatoms. The molecule has 10 aromatic carbocycles. The zero-order valence-corrected chi connectivity index (χ0v) is 34.7. The standard InChI is InChI=1S/C60H46N2/c1-3-17-41(18-4-1)53-37-35-45-23-9-13-27-51(45)59(53)57-47(33-31-43-21-7-11-25-49(43)57)39-61-55-29-15-16-30-56(55)62-40-48-34-32-44-22-8-12-26-50(44)58(48)60-52-28-14-10-24-46(52)36-38-54(60)42-19-5-2-6-20-42/h1-14,17-28,31-40,55-56H,15-16,29-30H2. The minimum atomic E-state index is 0.0711. The van der Waals surface area contributed by atoms with Gasteiger partial charge in [-0.25, -0.2) is 0 Å². The molecule has 11 rings (SSSR count). The van der Waals surface area contributed by atoms with E-state index < -0.39 is 0 Å². The van der Waals surface area contributed by atoms with Crippen molar-refractivity contribution in [2.24, 2.45) is 9.98 Å². The molecule has 2 unspecified atom stereocenters. The van der Waals surface area contributed by atoms with Gasteiger partial charge >= 0.3 is 0 Å². The van der Waals surface area contributed by atoms with Gasteiger partial charge in [0.1, 0.15) is 0 Å². The summed E-state index contributed by atoms with van der Waals surface area (Å²) in [6, 6.07) is 75.1. The van der Waals surface area contributed by atoms with Crippen LogP contribution >= 0.6 is 0 Å². The molecule has 0 aromatic heterocycles. The summed E-state index contributed by atoms with van der Waals surface area (Å²) in [5, 5.41) is 9.85. The molecule has 0 spiro atoms. The fourth-order valence-corrected chi connectivity index (χ4v) is 9.94. The number of hydrogen-bond donors (Lipinski definition) is 0. The van der Waals surface area contributed by atoms with Crippen molar-refractivity contribution in [3.05, 3.63) is 217 Å². The van der Waals surface area contributed by atoms with Crippen molar-refractivity contribution in [1.29, 1.82) is 0 Å². The Balaban J connectivity index is 1.03. The molecule has 2 atom stereocenters. The first-order valence-electron chi connectivity index (χ1n) is 22.0. The van der Waals surface area contributed by atoms with Gasteiger partial charge in [0.2, 0.25) is 0 Å². The zero-order chi connectivity index (χ0) is 41.2. The Kier molecular flexibility index (Phi) is 10.0. The quantitative estimate of drug-likeness (QED) is 0.137. The summed E-state index contributed by atoms with van der Waals surface area (Å²) in [4.78, 5) is 11.0. The van der Waals surface area contributed by atoms with Gasteiger partial charge in [-0.3, -0.25) is 9.98 Å². The molecule has 296 valence electrons. The highest BCUT2D eigenvalue weighted by Crippen LogP contribution is 2.44. The zero-order valence-electron chi connectivity index (χ0n) is 34.7. The van der Waals surface area contributed by atoms with Crippen molar-refractivity contribution < 1.29 is 0 Å². The Morgan fingerprint density at radius 2 is 0.629 bits per heavy atom. The molecule has 2 nitrogen and oxygen atoms in total. The molecule has 1 saturated carbocycles. The van der Waals surface area contributed by atoms with Crippen LogP contribution in [-0.2, 0) is 0 Å². The first-order chi connectivity index (χ1) is 30.8. The van der Waals surface area contributed by atoms with Gasteiger partial charge in [0.25, 0.3) is 0 Å². The van der Waals surface area contributed by atoms with E-state index in [1.54, 1.807) is 0 Å². The smallest absolute Gasteiger partial charge is 0.0723 e. The van der Waals surface area contributed by atoms with Crippen LogP contribution in [-0.4, -0.2) is 24.5 Å². The lowest BCUT2D eigenvalue weighted by molar-refractivity contribution is 0.390. The van der Waals surface area contributed by atoms with E-state index in [9.17, 15) is 0 Å². The molecule has 62 heavy (non-hydrogen) atoms. The third kappa shape index (κ3) is 6.98. The summed E-state index contributed by atoms with van der Waals surface area (Å²) in [6.07, 6.45) is 8.66. The number of aliphatic imine (C=N–C) groups is 2. The Labute approximate surface area is 363 Å². The fraction of sp³-hybridized carbons (Fsp3) is 0.100. The van der Waals surface area contributed by atoms with Gasteiger partial charge in [-0.15, -0.1) is 0 Å². The number of fused-ring (bicyclic) bond motifs is 4. The summed E-state index contributed by atoms with van der Waals surface area (Å²) in [7, 11) is 0. The van der Waals surface area contributed by atoms with E-state index in [0.29, 0.717) is 0 Å². The lowest BCUT2D eigenvalue weighted by Gasteiger charge is -2.26. The molecule has 0 N–H and O–H groups in total. The molecular weight excluding hydrogens is 749 g/mol. The first kappa shape index (κ1) is 37.6. The molecule has 10 aromatic rings. The average Bonchev–Trinajstić information content (AvgIpc) is 3.35. The predicted octanol–water partition coefficient (Wildman–Crippen LogP) is 15.8. The van der Waals surface area contributed by atoms with Crippen molar-refractivity contribution in [3.63, 3.8) is 0 Å². The molecule has 0 radical (unpaired) electrons. The Hall–Kier alpha value is -7.42. The number of hydrogen-bond acceptors (Lipinski definition) is 2. The van der Waals surface area contributed by atoms with Crippen LogP contribution in [0.4, 0.5) is 0 Å². The van der Waals surface area contributed by atoms with Crippen LogP contribution in [0.5, 0.6) is 0 Å². The summed E-state index contributed by atoms with van der Waals surface area (Å²) in [5.41, 5.74) is 12.1. The number of rotatable bonds is 8. The van der Waals surface area contributed by atoms with Crippen LogP contribution in [0.3, 0.4) is 0 Å². The average molecular weight is 795 g/mol. The second-order valence-corrected chi connectivity index (χ2v) is 16.6. The van der Waals surface area contributed by atoms with Crippen LogP contribution in [0.2, 0.25) is 0 Å². The fourth-order valence-electron chi connectivity index (χ4n) is 9.94. The van der Waals surface area contributed by atoms with Crippen LogP contribution in [0.25, 0.3) is 87.6 Å². The lowest BCUT2D eigenvalue weighted by atomic mass is 9.85. The summed E-state index contributed by atoms with van der Waals surface area (Å²) >= 11 is 0. The highest BCUT2D eigenvalue weighted by molar-refractivity contribution is 6.16. The third-order valence-corrected chi connectivity index (χ3v) is 13.0. The SMILES string of the molecule is C(=NC1CCCCC1N=Cc1ccc2ccccc2c1-c1c(-c2ccccc2)ccc2ccccc12)c1ccc2ccccc2c1-c1c(-c2ccccc2)ccc2ccccc12. The van der Waals surface area contributed by atoms with Gasteiger partial charge in [-0.05, 0) is 100 Å². The monoisotopic (exact) mass is 794 g/mol. The Bertz CT molecular complexity index is 3080. The summed E-state index contributed by atoms with van der Waals surface area (Å²) in [6.45, 7) is 0. The summed E-state index contributed by atoms with van der Waals surface area (Å²) < 4.78 is 0. The topological polar surface area (TPSA) is 24.7 Å². The predicted molar refractivity (Wildman–Crippen MR) is 266 cm³/mol. The van der Waals surface area contributed by atoms with Crippen molar-refractivity contribution in [2.75, 3.05) is 0 Å². The normalized spacial score (nSPS) is 15.7. The van der Waals surface area contributed by atoms with Gasteiger partial charge in [0.05, 0.1) is 12.1 Å². The van der Waals surface area contributed by atoms with Crippen molar-refractivity contribution in [1.82, 2.24) is 0 Å². The maximum Gasteiger partial charge on any atom is 0.0723 e. The molecule has 0 heterocycles. The minimum Gasteiger partial charge on any atom is -0.287 e. The van der Waals surface area contributed by atoms with Gasteiger partial charge in [0.15, 0.2) is 0 Å². The second kappa shape index (κ2) is 16.6. The minimum absolute atomic E-state index is 0.0711. The highest BCUT2D eigenvalue weighted by Gasteiger charge is 2.25. The molecule has 0 aliphatic heterocycles. The van der Waals surface area contributed by atoms with Crippen molar-refractivity contribution in [3.8, 4) is 44.5 Å². The maximum atomic E-state index is 5.51.